The van der Waals surface area contributed by atoms with Crippen LogP contribution in [0.4, 0.5) is 0 Å². The highest BCUT2D eigenvalue weighted by atomic mass is 16.7. The number of ether oxygens (including phenoxy) is 2. The first-order valence-electron chi connectivity index (χ1n) is 15.3. The normalized spacial score (nSPS) is 18.3. The Kier molecular flexibility index (Phi) is 23.5. The Morgan fingerprint density at radius 2 is 1.16 bits per heavy atom. The first-order chi connectivity index (χ1) is 24.3. The summed E-state index contributed by atoms with van der Waals surface area (Å²) in [6, 6.07) is -1.26. The van der Waals surface area contributed by atoms with Gasteiger partial charge >= 0.3 is 0 Å². The minimum absolute atomic E-state index is 0.197. The van der Waals surface area contributed by atoms with Crippen LogP contribution in [0.5, 0.6) is 0 Å². The molecule has 0 radical (unpaired) electrons. The molecule has 250 valence electrons. The molecule has 1 saturated heterocycles. The first kappa shape index (κ1) is 41.9. The molecule has 0 aromatic carbocycles. The molecule has 9 nitrogen and oxygen atoms in total. The van der Waals surface area contributed by atoms with E-state index in [-0.39, 0.29) is 6.61 Å². The molecule has 50 heavy (non-hydrogen) atoms. The van der Waals surface area contributed by atoms with Gasteiger partial charge in [0.25, 0.3) is 5.91 Å². The molecule has 0 aliphatic carbocycles. The third-order valence-electron chi connectivity index (χ3n) is 6.13. The van der Waals surface area contributed by atoms with Crippen LogP contribution < -0.4 is 11.1 Å². The lowest BCUT2D eigenvalue weighted by atomic mass is 9.99. The smallest absolute Gasteiger partial charge is 0.297 e. The highest BCUT2D eigenvalue weighted by molar-refractivity contribution is 5.94. The van der Waals surface area contributed by atoms with E-state index >= 15 is 0 Å². The molecule has 1 amide bonds. The monoisotopic (exact) mass is 666 g/mol. The number of amides is 1. The number of unbranched alkanes of at least 4 members (excludes halogenated alkanes) is 3. The summed E-state index contributed by atoms with van der Waals surface area (Å²) < 4.78 is 11.0. The number of carbonyl (C=O) groups is 1. The van der Waals surface area contributed by atoms with Crippen molar-refractivity contribution in [3.05, 3.63) is 0 Å². The molecule has 1 aliphatic heterocycles. The molecule has 0 saturated carbocycles. The fourth-order valence-electron chi connectivity index (χ4n) is 3.66. The lowest BCUT2D eigenvalue weighted by molar-refractivity contribution is -0.302. The van der Waals surface area contributed by atoms with Crippen LogP contribution in [0.25, 0.3) is 0 Å². The summed E-state index contributed by atoms with van der Waals surface area (Å²) in [6.45, 7) is 2.97. The van der Waals surface area contributed by atoms with E-state index in [2.05, 4.69) is 154 Å². The second-order valence-electron chi connectivity index (χ2n) is 9.75. The number of rotatable bonds is 11. The van der Waals surface area contributed by atoms with E-state index in [1.165, 1.54) is 0 Å². The number of hydrogen-bond donors (Lipinski definition) is 6. The zero-order valence-corrected chi connectivity index (χ0v) is 27.6. The molecule has 2 unspecified atom stereocenters. The van der Waals surface area contributed by atoms with Crippen LogP contribution in [0.3, 0.4) is 0 Å². The number of nitrogens with two attached hydrogens (primary N) is 1. The fraction of sp³-hybridized carbons (Fsp3) is 0.390. The predicted molar refractivity (Wildman–Crippen MR) is 187 cm³/mol. The quantitative estimate of drug-likeness (QED) is 0.117. The third-order valence-corrected chi connectivity index (χ3v) is 6.13. The van der Waals surface area contributed by atoms with Gasteiger partial charge in [0.05, 0.1) is 19.3 Å². The Morgan fingerprint density at radius 1 is 0.700 bits per heavy atom. The van der Waals surface area contributed by atoms with Crippen LogP contribution >= 0.6 is 0 Å². The summed E-state index contributed by atoms with van der Waals surface area (Å²) in [4.78, 5) is 12.5. The van der Waals surface area contributed by atoms with Gasteiger partial charge in [-0.1, -0.05) is 38.5 Å². The second-order valence-corrected chi connectivity index (χ2v) is 9.75. The van der Waals surface area contributed by atoms with Gasteiger partial charge in [0.1, 0.15) is 24.4 Å². The lowest BCUT2D eigenvalue weighted by Gasteiger charge is -2.40. The highest BCUT2D eigenvalue weighted by Crippen LogP contribution is 2.22. The minimum atomic E-state index is -1.60. The molecule has 0 aromatic rings. The standard InChI is InChI=1S/C41H34N2O7/c1-3-5-7-9-10-11-12-13-14-15-16-17-18-19-20-21-22-23-24-25-26-27-29-31-37(45)43-35(34(42)30-28-8-6-4-2)33-49-41-40(48)39(47)38(46)36(32-44)50-41/h34-36,38-41,44,46-48H,4,6,8,28,30,32-33,42H2,1-2H3,(H,43,45)/t34-,35+,36?,38+,39+,40?,41+/m1/s1. The van der Waals surface area contributed by atoms with Gasteiger partial charge in [-0.25, -0.2) is 0 Å². The largest absolute Gasteiger partial charge is 0.394 e. The molecule has 1 rings (SSSR count). The summed E-state index contributed by atoms with van der Waals surface area (Å²) in [6.07, 6.45) is -2.76. The maximum atomic E-state index is 12.5. The third kappa shape index (κ3) is 19.5. The summed E-state index contributed by atoms with van der Waals surface area (Å²) in [5, 5.41) is 42.3. The van der Waals surface area contributed by atoms with E-state index in [1.807, 2.05) is 0 Å². The van der Waals surface area contributed by atoms with Gasteiger partial charge in [-0.3, -0.25) is 4.79 Å². The number of hydrogen-bond acceptors (Lipinski definition) is 8. The van der Waals surface area contributed by atoms with Crippen LogP contribution in [0.1, 0.15) is 46.0 Å². The molecule has 7 N–H and O–H groups in total. The topological polar surface area (TPSA) is 155 Å². The molecule has 7 atom stereocenters. The molecule has 0 bridgehead atoms. The maximum absolute atomic E-state index is 12.5. The average Bonchev–Trinajstić information content (AvgIpc) is 3.11. The predicted octanol–water partition coefficient (Wildman–Crippen LogP) is -1.35. The summed E-state index contributed by atoms with van der Waals surface area (Å²) in [5.74, 6) is 58.9. The molecule has 1 heterocycles. The van der Waals surface area contributed by atoms with Crippen molar-refractivity contribution >= 4 is 5.91 Å². The van der Waals surface area contributed by atoms with E-state index in [4.69, 9.17) is 15.2 Å². The van der Waals surface area contributed by atoms with Gasteiger partial charge in [-0.2, -0.15) is 0 Å². The van der Waals surface area contributed by atoms with Crippen molar-refractivity contribution in [1.29, 1.82) is 0 Å². The Hall–Kier alpha value is -6.09. The average molecular weight is 667 g/mol. The van der Waals surface area contributed by atoms with Gasteiger partial charge < -0.3 is 41.0 Å². The van der Waals surface area contributed by atoms with Crippen LogP contribution in [0, 0.1) is 142 Å². The van der Waals surface area contributed by atoms with E-state index < -0.39 is 55.3 Å². The maximum Gasteiger partial charge on any atom is 0.297 e. The molecular formula is C41H34N2O7. The molecule has 1 aliphatic rings. The minimum Gasteiger partial charge on any atom is -0.394 e. The number of carbonyl (C=O) groups excluding carboxylic acids is 1. The van der Waals surface area contributed by atoms with E-state index in [1.54, 1.807) is 6.92 Å². The fourth-order valence-corrected chi connectivity index (χ4v) is 3.66. The van der Waals surface area contributed by atoms with Crippen LogP contribution in [-0.2, 0) is 14.3 Å². The zero-order valence-electron chi connectivity index (χ0n) is 27.6. The van der Waals surface area contributed by atoms with Crippen molar-refractivity contribution in [2.24, 2.45) is 5.73 Å². The van der Waals surface area contributed by atoms with Gasteiger partial charge in [0.2, 0.25) is 0 Å². The first-order valence-corrected chi connectivity index (χ1v) is 15.3. The van der Waals surface area contributed by atoms with Crippen LogP contribution in [0.15, 0.2) is 0 Å². The van der Waals surface area contributed by atoms with Crippen LogP contribution in [0.2, 0.25) is 0 Å². The number of aliphatic hydroxyl groups excluding tert-OH is 4. The summed E-state index contributed by atoms with van der Waals surface area (Å²) in [5.41, 5.74) is 6.34. The highest BCUT2D eigenvalue weighted by Gasteiger charge is 2.44. The summed E-state index contributed by atoms with van der Waals surface area (Å²) >= 11 is 0. The van der Waals surface area contributed by atoms with Crippen molar-refractivity contribution in [2.45, 2.75) is 88.7 Å². The van der Waals surface area contributed by atoms with Gasteiger partial charge in [0, 0.05) is 47.5 Å². The van der Waals surface area contributed by atoms with Crippen molar-refractivity contribution in [1.82, 2.24) is 5.32 Å². The van der Waals surface area contributed by atoms with E-state index in [9.17, 15) is 25.2 Å². The van der Waals surface area contributed by atoms with Gasteiger partial charge in [-0.05, 0) is 108 Å². The van der Waals surface area contributed by atoms with Gasteiger partial charge in [-0.15, -0.1) is 0 Å². The van der Waals surface area contributed by atoms with Crippen molar-refractivity contribution in [3.63, 3.8) is 0 Å². The van der Waals surface area contributed by atoms with E-state index in [0.717, 1.165) is 25.7 Å². The number of aliphatic hydroxyl groups is 4. The van der Waals surface area contributed by atoms with Crippen molar-refractivity contribution < 1.29 is 34.7 Å². The second kappa shape index (κ2) is 28.0. The Morgan fingerprint density at radius 3 is 1.60 bits per heavy atom. The zero-order chi connectivity index (χ0) is 36.7. The molecule has 9 heteroatoms. The van der Waals surface area contributed by atoms with Crippen molar-refractivity contribution in [2.75, 3.05) is 13.2 Å². The number of nitrogens with one attached hydrogen (secondary N) is 1. The molecule has 0 aromatic heterocycles. The Balaban J connectivity index is 2.69. The Labute approximate surface area is 295 Å². The molecule has 1 fully saturated rings. The SMILES string of the molecule is CC#CC#CC#CC#CC#CC#CC#CC#CC#CC#CC#CC#CC(=O)N[C@@H](CO[C@H]1OC(CO)[C@H](O)[C@H](O)C1O)[C@H](N)CCCCCC. The van der Waals surface area contributed by atoms with Crippen LogP contribution in [-0.4, -0.2) is 82.3 Å². The lowest BCUT2D eigenvalue weighted by Crippen LogP contribution is -2.60. The van der Waals surface area contributed by atoms with Crippen molar-refractivity contribution in [3.8, 4) is 142 Å². The Bertz CT molecular complexity index is 1950. The van der Waals surface area contributed by atoms with Gasteiger partial charge in [0.15, 0.2) is 6.29 Å². The molecular weight excluding hydrogens is 632 g/mol. The van der Waals surface area contributed by atoms with E-state index in [0.29, 0.717) is 6.42 Å². The summed E-state index contributed by atoms with van der Waals surface area (Å²) in [7, 11) is 0. The molecule has 0 spiro atoms.